The molecular formula is C19H27N7O. The number of rotatable bonds is 4. The maximum atomic E-state index is 12.7. The van der Waals surface area contributed by atoms with Crippen molar-refractivity contribution in [1.82, 2.24) is 24.6 Å². The van der Waals surface area contributed by atoms with Crippen LogP contribution in [0.1, 0.15) is 32.2 Å². The van der Waals surface area contributed by atoms with Gasteiger partial charge in [-0.15, -0.1) is 0 Å². The summed E-state index contributed by atoms with van der Waals surface area (Å²) in [5, 5.41) is 4.19. The summed E-state index contributed by atoms with van der Waals surface area (Å²) in [6.07, 6.45) is 9.11. The Balaban J connectivity index is 1.37. The first-order chi connectivity index (χ1) is 13.2. The average molecular weight is 369 g/mol. The van der Waals surface area contributed by atoms with Crippen molar-refractivity contribution in [2.45, 2.75) is 32.2 Å². The molecule has 0 radical (unpaired) electrons. The molecule has 0 N–H and O–H groups in total. The van der Waals surface area contributed by atoms with E-state index in [9.17, 15) is 4.79 Å². The summed E-state index contributed by atoms with van der Waals surface area (Å²) >= 11 is 0. The van der Waals surface area contributed by atoms with Gasteiger partial charge in [-0.2, -0.15) is 10.1 Å². The molecule has 27 heavy (non-hydrogen) atoms. The number of hydrogen-bond acceptors (Lipinski definition) is 6. The molecule has 2 aliphatic heterocycles. The maximum absolute atomic E-state index is 12.7. The third kappa shape index (κ3) is 3.89. The quantitative estimate of drug-likeness (QED) is 0.815. The summed E-state index contributed by atoms with van der Waals surface area (Å²) in [5.74, 6) is 1.91. The molecule has 144 valence electrons. The minimum absolute atomic E-state index is 0.120. The molecule has 0 aliphatic carbocycles. The molecule has 0 saturated carbocycles. The highest BCUT2D eigenvalue weighted by Gasteiger charge is 2.27. The molecule has 0 bridgehead atoms. The Morgan fingerprint density at radius 1 is 1.00 bits per heavy atom. The normalized spacial score (nSPS) is 19.2. The summed E-state index contributed by atoms with van der Waals surface area (Å²) in [7, 11) is 0. The van der Waals surface area contributed by atoms with Crippen molar-refractivity contribution in [3.63, 3.8) is 0 Å². The number of carbonyl (C=O) groups excluding carboxylic acids is 1. The van der Waals surface area contributed by atoms with Crippen LogP contribution in [0.25, 0.3) is 0 Å². The van der Waals surface area contributed by atoms with Crippen molar-refractivity contribution in [3.8, 4) is 0 Å². The minimum atomic E-state index is -0.267. The van der Waals surface area contributed by atoms with E-state index in [1.54, 1.807) is 10.9 Å². The van der Waals surface area contributed by atoms with Crippen LogP contribution in [0.3, 0.4) is 0 Å². The van der Waals surface area contributed by atoms with Gasteiger partial charge in [0.05, 0.1) is 0 Å². The molecule has 2 saturated heterocycles. The summed E-state index contributed by atoms with van der Waals surface area (Å²) in [4.78, 5) is 28.4. The number of carbonyl (C=O) groups is 1. The molecule has 8 heteroatoms. The number of nitrogens with zero attached hydrogens (tertiary/aromatic N) is 7. The van der Waals surface area contributed by atoms with Crippen molar-refractivity contribution in [1.29, 1.82) is 0 Å². The number of amides is 1. The lowest BCUT2D eigenvalue weighted by atomic mass is 10.1. The van der Waals surface area contributed by atoms with Gasteiger partial charge in [0.15, 0.2) is 0 Å². The first kappa shape index (κ1) is 17.8. The number of anilines is 2. The van der Waals surface area contributed by atoms with E-state index in [1.807, 2.05) is 36.4 Å². The Bertz CT molecular complexity index is 749. The van der Waals surface area contributed by atoms with Crippen molar-refractivity contribution in [2.75, 3.05) is 49.1 Å². The van der Waals surface area contributed by atoms with Gasteiger partial charge in [0.2, 0.25) is 11.9 Å². The number of hydrogen-bond donors (Lipinski definition) is 0. The van der Waals surface area contributed by atoms with Crippen molar-refractivity contribution >= 4 is 17.7 Å². The van der Waals surface area contributed by atoms with E-state index in [0.717, 1.165) is 37.9 Å². The van der Waals surface area contributed by atoms with Crippen LogP contribution in [0.2, 0.25) is 0 Å². The van der Waals surface area contributed by atoms with Gasteiger partial charge in [-0.25, -0.2) is 4.98 Å². The predicted molar refractivity (Wildman–Crippen MR) is 104 cm³/mol. The van der Waals surface area contributed by atoms with Crippen LogP contribution in [0.4, 0.5) is 11.8 Å². The van der Waals surface area contributed by atoms with Gasteiger partial charge in [-0.05, 0) is 38.3 Å². The van der Waals surface area contributed by atoms with E-state index in [0.29, 0.717) is 13.1 Å². The molecule has 2 aliphatic rings. The van der Waals surface area contributed by atoms with Crippen molar-refractivity contribution in [2.24, 2.45) is 0 Å². The third-order valence-corrected chi connectivity index (χ3v) is 5.46. The standard InChI is InChI=1S/C19H27N7O/c1-16(26-11-5-7-21-26)18(27)24-14-12-23(13-15-24)17-6-8-20-19(22-17)25-9-3-2-4-10-25/h5-8,11,16H,2-4,9-10,12-15H2,1H3. The van der Waals surface area contributed by atoms with Gasteiger partial charge in [-0.1, -0.05) is 0 Å². The molecule has 1 atom stereocenters. The fourth-order valence-corrected chi connectivity index (χ4v) is 3.80. The maximum Gasteiger partial charge on any atom is 0.247 e. The molecule has 4 rings (SSSR count). The first-order valence-corrected chi connectivity index (χ1v) is 9.83. The van der Waals surface area contributed by atoms with E-state index in [4.69, 9.17) is 4.98 Å². The molecule has 2 aromatic heterocycles. The average Bonchev–Trinajstić information content (AvgIpc) is 3.28. The lowest BCUT2D eigenvalue weighted by Gasteiger charge is -2.37. The molecule has 0 aromatic carbocycles. The summed E-state index contributed by atoms with van der Waals surface area (Å²) in [5.41, 5.74) is 0. The molecule has 2 aromatic rings. The molecule has 1 unspecified atom stereocenters. The van der Waals surface area contributed by atoms with Gasteiger partial charge in [-0.3, -0.25) is 9.48 Å². The molecule has 8 nitrogen and oxygen atoms in total. The van der Waals surface area contributed by atoms with Crippen LogP contribution in [-0.4, -0.2) is 69.8 Å². The van der Waals surface area contributed by atoms with Crippen molar-refractivity contribution in [3.05, 3.63) is 30.7 Å². The fraction of sp³-hybridized carbons (Fsp3) is 0.579. The Morgan fingerprint density at radius 3 is 2.48 bits per heavy atom. The number of piperazine rings is 1. The highest BCUT2D eigenvalue weighted by Crippen LogP contribution is 2.20. The van der Waals surface area contributed by atoms with Gasteiger partial charge in [0.25, 0.3) is 0 Å². The van der Waals surface area contributed by atoms with Crippen molar-refractivity contribution < 1.29 is 4.79 Å². The second-order valence-corrected chi connectivity index (χ2v) is 7.24. The molecule has 2 fully saturated rings. The first-order valence-electron chi connectivity index (χ1n) is 9.83. The minimum Gasteiger partial charge on any atom is -0.353 e. The van der Waals surface area contributed by atoms with E-state index in [2.05, 4.69) is 19.9 Å². The molecule has 1 amide bonds. The lowest BCUT2D eigenvalue weighted by Crippen LogP contribution is -2.50. The zero-order valence-corrected chi connectivity index (χ0v) is 15.9. The van der Waals surface area contributed by atoms with Crippen LogP contribution >= 0.6 is 0 Å². The summed E-state index contributed by atoms with van der Waals surface area (Å²) in [6, 6.07) is 3.55. The van der Waals surface area contributed by atoms with Crippen LogP contribution in [0.5, 0.6) is 0 Å². The largest absolute Gasteiger partial charge is 0.353 e. The summed E-state index contributed by atoms with van der Waals surface area (Å²) < 4.78 is 1.71. The Morgan fingerprint density at radius 2 is 1.78 bits per heavy atom. The molecular weight excluding hydrogens is 342 g/mol. The number of piperidine rings is 1. The molecule has 0 spiro atoms. The zero-order valence-electron chi connectivity index (χ0n) is 15.9. The van der Waals surface area contributed by atoms with E-state index < -0.39 is 0 Å². The lowest BCUT2D eigenvalue weighted by molar-refractivity contribution is -0.134. The van der Waals surface area contributed by atoms with Gasteiger partial charge in [0.1, 0.15) is 11.9 Å². The Labute approximate surface area is 159 Å². The van der Waals surface area contributed by atoms with Crippen LogP contribution in [0, 0.1) is 0 Å². The molecule has 4 heterocycles. The second-order valence-electron chi connectivity index (χ2n) is 7.24. The van der Waals surface area contributed by atoms with Crippen LogP contribution in [0.15, 0.2) is 30.7 Å². The van der Waals surface area contributed by atoms with Gasteiger partial charge < -0.3 is 14.7 Å². The van der Waals surface area contributed by atoms with E-state index in [-0.39, 0.29) is 11.9 Å². The van der Waals surface area contributed by atoms with Crippen LogP contribution in [-0.2, 0) is 4.79 Å². The number of aromatic nitrogens is 4. The van der Waals surface area contributed by atoms with E-state index >= 15 is 0 Å². The highest BCUT2D eigenvalue weighted by molar-refractivity contribution is 5.80. The fourth-order valence-electron chi connectivity index (χ4n) is 3.80. The van der Waals surface area contributed by atoms with Gasteiger partial charge in [0, 0.05) is 57.9 Å². The van der Waals surface area contributed by atoms with Crippen LogP contribution < -0.4 is 9.80 Å². The van der Waals surface area contributed by atoms with Gasteiger partial charge >= 0.3 is 0 Å². The Hall–Kier alpha value is -2.64. The third-order valence-electron chi connectivity index (χ3n) is 5.46. The monoisotopic (exact) mass is 369 g/mol. The van der Waals surface area contributed by atoms with E-state index in [1.165, 1.54) is 19.3 Å². The predicted octanol–water partition coefficient (Wildman–Crippen LogP) is 1.57. The topological polar surface area (TPSA) is 70.4 Å². The second kappa shape index (κ2) is 7.94. The summed E-state index contributed by atoms with van der Waals surface area (Å²) in [6.45, 7) is 6.95. The highest BCUT2D eigenvalue weighted by atomic mass is 16.2. The zero-order chi connectivity index (χ0) is 18.6. The SMILES string of the molecule is CC(C(=O)N1CCN(c2ccnc(N3CCCCC3)n2)CC1)n1cccn1. The Kier molecular flexibility index (Phi) is 5.22. The smallest absolute Gasteiger partial charge is 0.247 e.